The molecule has 32 heavy (non-hydrogen) atoms. The molecule has 0 atom stereocenters. The number of aryl methyl sites for hydroxylation is 1. The standard InChI is InChI=1S/C26H20ClN3O2/c1-16-28-29-26(32-16)24-6-4-3-5-23(24)19-9-7-18-8-10-20-14-22(27)11-12-25(20)30(17(2)31)15-21(18)13-19/h3-14H,15H2,1-2H3/b10-8-. The van der Waals surface area contributed by atoms with Gasteiger partial charge in [0.2, 0.25) is 17.7 Å². The number of benzene rings is 3. The summed E-state index contributed by atoms with van der Waals surface area (Å²) in [5, 5.41) is 8.80. The number of rotatable bonds is 2. The third-order valence-electron chi connectivity index (χ3n) is 5.57. The Morgan fingerprint density at radius 2 is 1.75 bits per heavy atom. The first-order valence-corrected chi connectivity index (χ1v) is 10.7. The molecule has 5 rings (SSSR count). The fourth-order valence-electron chi connectivity index (χ4n) is 4.02. The van der Waals surface area contributed by atoms with Gasteiger partial charge in [-0.15, -0.1) is 10.2 Å². The number of aromatic nitrogens is 2. The molecule has 0 bridgehead atoms. The zero-order chi connectivity index (χ0) is 22.2. The van der Waals surface area contributed by atoms with Crippen molar-refractivity contribution in [1.82, 2.24) is 10.2 Å². The predicted octanol–water partition coefficient (Wildman–Crippen LogP) is 6.40. The maximum absolute atomic E-state index is 12.6. The van der Waals surface area contributed by atoms with E-state index in [2.05, 4.69) is 34.5 Å². The van der Waals surface area contributed by atoms with Crippen LogP contribution in [0, 0.1) is 6.92 Å². The maximum atomic E-state index is 12.6. The lowest BCUT2D eigenvalue weighted by atomic mass is 9.94. The second-order valence-electron chi connectivity index (χ2n) is 7.73. The number of hydrogen-bond acceptors (Lipinski definition) is 4. The number of nitrogens with zero attached hydrogens (tertiary/aromatic N) is 3. The van der Waals surface area contributed by atoms with Crippen molar-refractivity contribution in [3.05, 3.63) is 88.3 Å². The van der Waals surface area contributed by atoms with E-state index in [-0.39, 0.29) is 5.91 Å². The maximum Gasteiger partial charge on any atom is 0.248 e. The van der Waals surface area contributed by atoms with Crippen LogP contribution < -0.4 is 4.90 Å². The third-order valence-corrected chi connectivity index (χ3v) is 5.80. The van der Waals surface area contributed by atoms with E-state index in [1.54, 1.807) is 18.7 Å². The summed E-state index contributed by atoms with van der Waals surface area (Å²) in [7, 11) is 0. The van der Waals surface area contributed by atoms with Crippen molar-refractivity contribution in [1.29, 1.82) is 0 Å². The van der Waals surface area contributed by atoms with Gasteiger partial charge >= 0.3 is 0 Å². The molecule has 1 aliphatic heterocycles. The quantitative estimate of drug-likeness (QED) is 0.361. The number of carbonyl (C=O) groups excluding carboxylic acids is 1. The molecule has 4 aromatic rings. The van der Waals surface area contributed by atoms with Crippen LogP contribution in [0.3, 0.4) is 0 Å². The van der Waals surface area contributed by atoms with Gasteiger partial charge in [-0.2, -0.15) is 0 Å². The number of fused-ring (bicyclic) bond motifs is 2. The van der Waals surface area contributed by atoms with Crippen molar-refractivity contribution >= 4 is 35.3 Å². The first-order chi connectivity index (χ1) is 15.5. The molecule has 0 unspecified atom stereocenters. The van der Waals surface area contributed by atoms with Crippen LogP contribution in [0.15, 0.2) is 65.1 Å². The van der Waals surface area contributed by atoms with E-state index >= 15 is 0 Å². The van der Waals surface area contributed by atoms with Gasteiger partial charge in [0.25, 0.3) is 0 Å². The van der Waals surface area contributed by atoms with Crippen LogP contribution in [0.2, 0.25) is 5.02 Å². The van der Waals surface area contributed by atoms with Crippen LogP contribution in [-0.2, 0) is 11.3 Å². The molecule has 2 heterocycles. The van der Waals surface area contributed by atoms with Crippen LogP contribution in [0.1, 0.15) is 29.5 Å². The summed E-state index contributed by atoms with van der Waals surface area (Å²) in [5.74, 6) is 0.983. The van der Waals surface area contributed by atoms with Gasteiger partial charge in [-0.1, -0.05) is 54.1 Å². The van der Waals surface area contributed by atoms with Crippen LogP contribution in [0.5, 0.6) is 0 Å². The Bertz CT molecular complexity index is 1370. The molecule has 0 saturated carbocycles. The van der Waals surface area contributed by atoms with Crippen LogP contribution in [0.25, 0.3) is 34.7 Å². The SMILES string of the molecule is CC(=O)N1Cc2cc(-c3ccccc3-c3nnc(C)o3)ccc2/C=C\c2cc(Cl)ccc21. The van der Waals surface area contributed by atoms with Crippen molar-refractivity contribution in [3.8, 4) is 22.6 Å². The zero-order valence-electron chi connectivity index (χ0n) is 17.7. The molecule has 1 amide bonds. The highest BCUT2D eigenvalue weighted by atomic mass is 35.5. The Labute approximate surface area is 191 Å². The normalized spacial score (nSPS) is 13.7. The molecule has 0 N–H and O–H groups in total. The van der Waals surface area contributed by atoms with E-state index in [0.29, 0.717) is 23.3 Å². The van der Waals surface area contributed by atoms with Gasteiger partial charge < -0.3 is 9.32 Å². The van der Waals surface area contributed by atoms with E-state index in [4.69, 9.17) is 16.0 Å². The van der Waals surface area contributed by atoms with E-state index in [9.17, 15) is 4.79 Å². The van der Waals surface area contributed by atoms with Crippen LogP contribution in [0.4, 0.5) is 5.69 Å². The average molecular weight is 442 g/mol. The minimum absolute atomic E-state index is 0.0260. The highest BCUT2D eigenvalue weighted by Gasteiger charge is 2.20. The molecular formula is C26H20ClN3O2. The molecule has 0 spiro atoms. The number of halogens is 1. The van der Waals surface area contributed by atoms with Crippen molar-refractivity contribution < 1.29 is 9.21 Å². The molecule has 1 aliphatic rings. The Kier molecular flexibility index (Phi) is 5.11. The molecular weight excluding hydrogens is 422 g/mol. The molecule has 3 aromatic carbocycles. The van der Waals surface area contributed by atoms with Gasteiger partial charge in [0.15, 0.2) is 0 Å². The third kappa shape index (κ3) is 3.72. The Balaban J connectivity index is 1.63. The molecule has 6 heteroatoms. The van der Waals surface area contributed by atoms with Gasteiger partial charge in [-0.05, 0) is 58.1 Å². The summed E-state index contributed by atoms with van der Waals surface area (Å²) in [6.07, 6.45) is 4.07. The number of hydrogen-bond donors (Lipinski definition) is 0. The van der Waals surface area contributed by atoms with Gasteiger partial charge in [-0.3, -0.25) is 4.79 Å². The Morgan fingerprint density at radius 3 is 2.50 bits per heavy atom. The smallest absolute Gasteiger partial charge is 0.248 e. The molecule has 158 valence electrons. The van der Waals surface area contributed by atoms with Crippen LogP contribution in [-0.4, -0.2) is 16.1 Å². The number of anilines is 1. The fraction of sp³-hybridized carbons (Fsp3) is 0.115. The summed E-state index contributed by atoms with van der Waals surface area (Å²) in [6.45, 7) is 3.82. The Hall–Kier alpha value is -3.70. The van der Waals surface area contributed by atoms with E-state index in [0.717, 1.165) is 39.1 Å². The van der Waals surface area contributed by atoms with Crippen molar-refractivity contribution in [2.45, 2.75) is 20.4 Å². The van der Waals surface area contributed by atoms with E-state index in [1.807, 2.05) is 48.5 Å². The first-order valence-electron chi connectivity index (χ1n) is 10.3. The van der Waals surface area contributed by atoms with Crippen molar-refractivity contribution in [2.24, 2.45) is 0 Å². The van der Waals surface area contributed by atoms with Crippen LogP contribution >= 0.6 is 11.6 Å². The molecule has 0 radical (unpaired) electrons. The lowest BCUT2D eigenvalue weighted by Crippen LogP contribution is -2.29. The van der Waals surface area contributed by atoms with E-state index in [1.165, 1.54) is 0 Å². The fourth-order valence-corrected chi connectivity index (χ4v) is 4.20. The summed E-state index contributed by atoms with van der Waals surface area (Å²) < 4.78 is 5.68. The zero-order valence-corrected chi connectivity index (χ0v) is 18.4. The summed E-state index contributed by atoms with van der Waals surface area (Å²) in [6, 6.07) is 19.8. The summed E-state index contributed by atoms with van der Waals surface area (Å²) in [4.78, 5) is 14.3. The van der Waals surface area contributed by atoms with Gasteiger partial charge in [0.1, 0.15) is 0 Å². The monoisotopic (exact) mass is 441 g/mol. The molecule has 0 aliphatic carbocycles. The summed E-state index contributed by atoms with van der Waals surface area (Å²) >= 11 is 6.20. The van der Waals surface area contributed by atoms with Gasteiger partial charge in [-0.25, -0.2) is 0 Å². The largest absolute Gasteiger partial charge is 0.421 e. The average Bonchev–Trinajstić information content (AvgIpc) is 3.21. The molecule has 0 saturated heterocycles. The predicted molar refractivity (Wildman–Crippen MR) is 127 cm³/mol. The summed E-state index contributed by atoms with van der Waals surface area (Å²) in [5.41, 5.74) is 6.74. The molecule has 1 aromatic heterocycles. The highest BCUT2D eigenvalue weighted by molar-refractivity contribution is 6.30. The minimum atomic E-state index is -0.0260. The molecule has 0 fully saturated rings. The Morgan fingerprint density at radius 1 is 0.969 bits per heavy atom. The second kappa shape index (κ2) is 8.09. The van der Waals surface area contributed by atoms with Crippen molar-refractivity contribution in [3.63, 3.8) is 0 Å². The lowest BCUT2D eigenvalue weighted by molar-refractivity contribution is -0.116. The minimum Gasteiger partial charge on any atom is -0.421 e. The lowest BCUT2D eigenvalue weighted by Gasteiger charge is -2.26. The molecule has 5 nitrogen and oxygen atoms in total. The van der Waals surface area contributed by atoms with E-state index < -0.39 is 0 Å². The first kappa shape index (κ1) is 20.2. The number of carbonyl (C=O) groups is 1. The van der Waals surface area contributed by atoms with Gasteiger partial charge in [0, 0.05) is 24.4 Å². The topological polar surface area (TPSA) is 59.2 Å². The second-order valence-corrected chi connectivity index (χ2v) is 8.16. The highest BCUT2D eigenvalue weighted by Crippen LogP contribution is 2.35. The van der Waals surface area contributed by atoms with Crippen molar-refractivity contribution in [2.75, 3.05) is 4.90 Å². The van der Waals surface area contributed by atoms with Gasteiger partial charge in [0.05, 0.1) is 12.2 Å². The number of amides is 1.